The molecule has 0 amide bonds. The lowest BCUT2D eigenvalue weighted by Crippen LogP contribution is -2.53. The first-order valence-corrected chi connectivity index (χ1v) is 10.1. The van der Waals surface area contributed by atoms with Crippen LogP contribution in [0.2, 0.25) is 0 Å². The van der Waals surface area contributed by atoms with Gasteiger partial charge in [-0.15, -0.1) is 24.8 Å². The van der Waals surface area contributed by atoms with Crippen LogP contribution >= 0.6 is 36.2 Å². The Bertz CT molecular complexity index is 882. The highest BCUT2D eigenvalue weighted by Gasteiger charge is 2.32. The lowest BCUT2D eigenvalue weighted by Gasteiger charge is -2.40. The van der Waals surface area contributed by atoms with Crippen LogP contribution in [0.25, 0.3) is 0 Å². The number of methoxy groups -OCH3 is 1. The summed E-state index contributed by atoms with van der Waals surface area (Å²) in [6.07, 6.45) is -1.70. The fourth-order valence-electron chi connectivity index (χ4n) is 3.56. The molecule has 1 aromatic carbocycles. The quantitative estimate of drug-likeness (QED) is 0.687. The van der Waals surface area contributed by atoms with Crippen LogP contribution < -0.4 is 5.32 Å². The number of piperazine rings is 1. The fraction of sp³-hybridized carbons (Fsp3) is 0.474. The molecule has 1 atom stereocenters. The van der Waals surface area contributed by atoms with Crippen molar-refractivity contribution in [1.29, 1.82) is 0 Å². The Morgan fingerprint density at radius 2 is 2.03 bits per heavy atom. The third kappa shape index (κ3) is 5.03. The summed E-state index contributed by atoms with van der Waals surface area (Å²) in [5, 5.41) is 3.68. The van der Waals surface area contributed by atoms with Crippen molar-refractivity contribution in [2.75, 3.05) is 45.7 Å². The second-order valence-electron chi connectivity index (χ2n) is 6.97. The molecule has 6 nitrogen and oxygen atoms in total. The van der Waals surface area contributed by atoms with Gasteiger partial charge in [0.1, 0.15) is 10.7 Å². The number of thiazole rings is 1. The van der Waals surface area contributed by atoms with Gasteiger partial charge in [-0.2, -0.15) is 0 Å². The van der Waals surface area contributed by atoms with Crippen molar-refractivity contribution in [2.45, 2.75) is 18.9 Å². The third-order valence-corrected chi connectivity index (χ3v) is 6.13. The van der Waals surface area contributed by atoms with Crippen LogP contribution in [0.3, 0.4) is 0 Å². The van der Waals surface area contributed by atoms with Crippen molar-refractivity contribution >= 4 is 58.4 Å². The summed E-state index contributed by atoms with van der Waals surface area (Å²) in [5.74, 6) is 0.658. The molecule has 1 N–H and O–H groups in total. The largest absolute Gasteiger partial charge is 0.385 e. The van der Waals surface area contributed by atoms with Crippen molar-refractivity contribution in [3.63, 3.8) is 0 Å². The number of aliphatic imine (C=N–C) groups is 1. The Morgan fingerprint density at radius 3 is 2.77 bits per heavy atom. The first-order chi connectivity index (χ1) is 13.6. The zero-order chi connectivity index (χ0) is 19.7. The molecule has 1 saturated heterocycles. The Kier molecular flexibility index (Phi) is 8.81. The van der Waals surface area contributed by atoms with Gasteiger partial charge >= 0.3 is 0 Å². The maximum Gasteiger partial charge on any atom is 0.289 e. The number of nitrogens with zero attached hydrogens (tertiary/aromatic N) is 4. The molecule has 0 radical (unpaired) electrons. The summed E-state index contributed by atoms with van der Waals surface area (Å²) < 4.78 is 31.9. The summed E-state index contributed by atoms with van der Waals surface area (Å²) in [7, 11) is 3.80. The normalized spacial score (nSPS) is 18.4. The van der Waals surface area contributed by atoms with Gasteiger partial charge in [0, 0.05) is 39.4 Å². The van der Waals surface area contributed by atoms with Gasteiger partial charge in [0.05, 0.1) is 11.4 Å². The number of ether oxygens (including phenoxy) is 1. The van der Waals surface area contributed by atoms with Crippen LogP contribution in [0.15, 0.2) is 29.3 Å². The molecule has 0 unspecified atom stereocenters. The monoisotopic (exact) mass is 479 g/mol. The van der Waals surface area contributed by atoms with Crippen LogP contribution in [0, 0.1) is 0 Å². The minimum absolute atomic E-state index is 0. The zero-order valence-electron chi connectivity index (χ0n) is 16.7. The molecule has 166 valence electrons. The van der Waals surface area contributed by atoms with E-state index in [0.29, 0.717) is 29.2 Å². The first-order valence-electron chi connectivity index (χ1n) is 9.25. The van der Waals surface area contributed by atoms with Crippen LogP contribution in [0.4, 0.5) is 25.2 Å². The van der Waals surface area contributed by atoms with Gasteiger partial charge < -0.3 is 15.0 Å². The highest BCUT2D eigenvalue weighted by molar-refractivity contribution is 7.16. The second kappa shape index (κ2) is 10.7. The molecule has 2 aliphatic heterocycles. The topological polar surface area (TPSA) is 53.0 Å². The number of para-hydroxylation sites is 2. The van der Waals surface area contributed by atoms with E-state index in [9.17, 15) is 8.78 Å². The van der Waals surface area contributed by atoms with Gasteiger partial charge in [-0.25, -0.2) is 18.8 Å². The number of aromatic nitrogens is 1. The Labute approximate surface area is 191 Å². The molecule has 0 bridgehead atoms. The molecule has 0 aliphatic carbocycles. The number of hydrogen-bond acceptors (Lipinski definition) is 7. The summed E-state index contributed by atoms with van der Waals surface area (Å²) in [6, 6.07) is 7.95. The number of fused-ring (bicyclic) bond motifs is 2. The average molecular weight is 480 g/mol. The van der Waals surface area contributed by atoms with Crippen molar-refractivity contribution in [1.82, 2.24) is 14.8 Å². The van der Waals surface area contributed by atoms with Gasteiger partial charge in [0.2, 0.25) is 0 Å². The third-order valence-electron chi connectivity index (χ3n) is 5.15. The molecule has 1 aromatic heterocycles. The van der Waals surface area contributed by atoms with E-state index in [0.717, 1.165) is 48.8 Å². The van der Waals surface area contributed by atoms with Gasteiger partial charge in [0.25, 0.3) is 6.43 Å². The van der Waals surface area contributed by atoms with Crippen molar-refractivity contribution in [2.24, 2.45) is 4.99 Å². The van der Waals surface area contributed by atoms with E-state index in [4.69, 9.17) is 9.73 Å². The van der Waals surface area contributed by atoms with Crippen LogP contribution in [-0.4, -0.2) is 67.1 Å². The zero-order valence-corrected chi connectivity index (χ0v) is 19.1. The molecule has 2 aromatic rings. The van der Waals surface area contributed by atoms with E-state index in [1.54, 1.807) is 7.11 Å². The SMILES string of the molecule is COCC[C@H]1CN(C2=Nc3ccccc3Nc3sc(C(F)F)nc32)CCN1C.Cl.Cl. The lowest BCUT2D eigenvalue weighted by molar-refractivity contribution is 0.100. The summed E-state index contributed by atoms with van der Waals surface area (Å²) >= 11 is 0.993. The molecular formula is C19H25Cl2F2N5OS. The Hall–Kier alpha value is -1.52. The molecule has 1 fully saturated rings. The summed E-state index contributed by atoms with van der Waals surface area (Å²) in [4.78, 5) is 13.6. The molecule has 30 heavy (non-hydrogen) atoms. The maximum atomic E-state index is 13.3. The minimum Gasteiger partial charge on any atom is -0.385 e. The molecule has 0 spiro atoms. The predicted molar refractivity (Wildman–Crippen MR) is 122 cm³/mol. The van der Waals surface area contributed by atoms with Gasteiger partial charge in [-0.05, 0) is 25.6 Å². The number of rotatable bonds is 4. The lowest BCUT2D eigenvalue weighted by atomic mass is 10.1. The van der Waals surface area contributed by atoms with Crippen molar-refractivity contribution in [3.8, 4) is 0 Å². The van der Waals surface area contributed by atoms with Crippen molar-refractivity contribution < 1.29 is 13.5 Å². The number of anilines is 2. The Morgan fingerprint density at radius 1 is 1.27 bits per heavy atom. The number of alkyl halides is 2. The van der Waals surface area contributed by atoms with E-state index < -0.39 is 6.43 Å². The van der Waals surface area contributed by atoms with Gasteiger partial charge in [-0.1, -0.05) is 23.5 Å². The first kappa shape index (κ1) is 24.7. The molecular weight excluding hydrogens is 455 g/mol. The number of nitrogens with one attached hydrogen (secondary N) is 1. The van der Waals surface area contributed by atoms with Crippen LogP contribution in [0.1, 0.15) is 23.5 Å². The Balaban J connectivity index is 0.00000160. The minimum atomic E-state index is -2.60. The highest BCUT2D eigenvalue weighted by atomic mass is 35.5. The highest BCUT2D eigenvalue weighted by Crippen LogP contribution is 2.40. The molecule has 0 saturated carbocycles. The van der Waals surface area contributed by atoms with E-state index >= 15 is 0 Å². The van der Waals surface area contributed by atoms with E-state index in [1.165, 1.54) is 0 Å². The summed E-state index contributed by atoms with van der Waals surface area (Å²) in [5.41, 5.74) is 2.09. The standard InChI is InChI=1S/C19H23F2N5OS.2ClH/c1-25-8-9-26(11-12(25)7-10-27-2)17-15-18(28-19(24-15)16(20)21)23-14-6-4-3-5-13(14)22-17;;/h3-6,12,16,23H,7-11H2,1-2H3;2*1H/t12-;;/m0../s1. The molecule has 11 heteroatoms. The average Bonchev–Trinajstić information content (AvgIpc) is 3.04. The van der Waals surface area contributed by atoms with Gasteiger partial charge in [0.15, 0.2) is 10.8 Å². The van der Waals surface area contributed by atoms with Crippen LogP contribution in [-0.2, 0) is 4.74 Å². The molecule has 2 aliphatic rings. The van der Waals surface area contributed by atoms with E-state index in [2.05, 4.69) is 27.1 Å². The molecule has 3 heterocycles. The number of halogens is 4. The van der Waals surface area contributed by atoms with E-state index in [-0.39, 0.29) is 29.8 Å². The predicted octanol–water partition coefficient (Wildman–Crippen LogP) is 4.71. The fourth-order valence-corrected chi connectivity index (χ4v) is 4.39. The van der Waals surface area contributed by atoms with E-state index in [1.807, 2.05) is 24.3 Å². The smallest absolute Gasteiger partial charge is 0.289 e. The molecule has 4 rings (SSSR count). The summed E-state index contributed by atoms with van der Waals surface area (Å²) in [6.45, 7) is 3.06. The number of amidine groups is 1. The maximum absolute atomic E-state index is 13.3. The van der Waals surface area contributed by atoms with Crippen molar-refractivity contribution in [3.05, 3.63) is 35.0 Å². The van der Waals surface area contributed by atoms with Crippen LogP contribution in [0.5, 0.6) is 0 Å². The van der Waals surface area contributed by atoms with Gasteiger partial charge in [-0.3, -0.25) is 4.90 Å². The second-order valence-corrected chi connectivity index (χ2v) is 8.00. The number of likely N-dealkylation sites (N-methyl/N-ethyl adjacent to an activating group) is 1. The number of benzene rings is 1. The number of hydrogen-bond donors (Lipinski definition) is 1.